The Balaban J connectivity index is 2.31. The van der Waals surface area contributed by atoms with Crippen LogP contribution >= 0.6 is 0 Å². The van der Waals surface area contributed by atoms with Crippen LogP contribution in [-0.4, -0.2) is 6.43 Å². The van der Waals surface area contributed by atoms with Crippen LogP contribution < -0.4 is 0 Å². The zero-order chi connectivity index (χ0) is 10.4. The molecule has 0 spiro atoms. The molecule has 0 atom stereocenters. The molecule has 0 radical (unpaired) electrons. The van der Waals surface area contributed by atoms with Gasteiger partial charge in [-0.25, -0.2) is 8.78 Å². The molecule has 0 aliphatic heterocycles. The van der Waals surface area contributed by atoms with Crippen molar-refractivity contribution < 1.29 is 8.78 Å². The first kappa shape index (κ1) is 10.9. The molecule has 0 fully saturated rings. The van der Waals surface area contributed by atoms with E-state index in [-0.39, 0.29) is 6.42 Å². The molecule has 0 saturated carbocycles. The molecule has 1 rings (SSSR count). The van der Waals surface area contributed by atoms with Gasteiger partial charge >= 0.3 is 0 Å². The third kappa shape index (κ3) is 4.17. The molecule has 0 amide bonds. The van der Waals surface area contributed by atoms with Crippen LogP contribution in [0.2, 0.25) is 0 Å². The molecule has 0 aliphatic carbocycles. The van der Waals surface area contributed by atoms with Crippen molar-refractivity contribution in [1.29, 1.82) is 0 Å². The highest BCUT2D eigenvalue weighted by Crippen LogP contribution is 2.14. The van der Waals surface area contributed by atoms with E-state index in [1.165, 1.54) is 5.56 Å². The summed E-state index contributed by atoms with van der Waals surface area (Å²) in [6, 6.07) is 9.83. The first-order valence-corrected chi connectivity index (χ1v) is 4.67. The summed E-state index contributed by atoms with van der Waals surface area (Å²) >= 11 is 0. The Morgan fingerprint density at radius 1 is 1.21 bits per heavy atom. The number of aryl methyl sites for hydroxylation is 1. The van der Waals surface area contributed by atoms with E-state index in [2.05, 4.69) is 6.58 Å². The zero-order valence-electron chi connectivity index (χ0n) is 8.05. The van der Waals surface area contributed by atoms with Gasteiger partial charge in [0.05, 0.1) is 0 Å². The first-order chi connectivity index (χ1) is 6.68. The van der Waals surface area contributed by atoms with Crippen molar-refractivity contribution in [3.63, 3.8) is 0 Å². The fourth-order valence-electron chi connectivity index (χ4n) is 1.29. The number of halogens is 2. The molecule has 0 N–H and O–H groups in total. The Bertz CT molecular complexity index is 278. The monoisotopic (exact) mass is 196 g/mol. The Morgan fingerprint density at radius 2 is 1.86 bits per heavy atom. The molecule has 1 aromatic rings. The van der Waals surface area contributed by atoms with Gasteiger partial charge in [0.1, 0.15) is 0 Å². The van der Waals surface area contributed by atoms with Crippen LogP contribution in [0, 0.1) is 0 Å². The van der Waals surface area contributed by atoms with E-state index in [9.17, 15) is 8.78 Å². The average molecular weight is 196 g/mol. The van der Waals surface area contributed by atoms with Gasteiger partial charge in [-0.2, -0.15) is 0 Å². The number of alkyl halides is 2. The molecular weight excluding hydrogens is 182 g/mol. The maximum atomic E-state index is 12.0. The first-order valence-electron chi connectivity index (χ1n) is 4.67. The fraction of sp³-hybridized carbons (Fsp3) is 0.333. The number of rotatable bonds is 5. The summed E-state index contributed by atoms with van der Waals surface area (Å²) in [6.45, 7) is 3.63. The van der Waals surface area contributed by atoms with Gasteiger partial charge in [-0.1, -0.05) is 42.5 Å². The molecule has 14 heavy (non-hydrogen) atoms. The average Bonchev–Trinajstić information content (AvgIpc) is 2.15. The highest BCUT2D eigenvalue weighted by Gasteiger charge is 2.05. The van der Waals surface area contributed by atoms with Gasteiger partial charge in [0.2, 0.25) is 6.43 Å². The van der Waals surface area contributed by atoms with Crippen molar-refractivity contribution in [2.75, 3.05) is 0 Å². The summed E-state index contributed by atoms with van der Waals surface area (Å²) in [5.74, 6) is 0. The van der Waals surface area contributed by atoms with Gasteiger partial charge in [-0.15, -0.1) is 0 Å². The van der Waals surface area contributed by atoms with Crippen molar-refractivity contribution in [2.45, 2.75) is 25.7 Å². The lowest BCUT2D eigenvalue weighted by Crippen LogP contribution is -1.95. The molecule has 0 aromatic heterocycles. The van der Waals surface area contributed by atoms with Gasteiger partial charge in [-0.05, 0) is 18.4 Å². The van der Waals surface area contributed by atoms with Gasteiger partial charge in [0.25, 0.3) is 0 Å². The van der Waals surface area contributed by atoms with E-state index in [0.29, 0.717) is 12.0 Å². The molecule has 0 unspecified atom stereocenters. The van der Waals surface area contributed by atoms with Crippen LogP contribution in [0.25, 0.3) is 0 Å². The Morgan fingerprint density at radius 3 is 2.43 bits per heavy atom. The predicted molar refractivity (Wildman–Crippen MR) is 54.5 cm³/mol. The maximum Gasteiger partial charge on any atom is 0.242 e. The quantitative estimate of drug-likeness (QED) is 0.628. The largest absolute Gasteiger partial charge is 0.242 e. The zero-order valence-corrected chi connectivity index (χ0v) is 8.05. The summed E-state index contributed by atoms with van der Waals surface area (Å²) < 4.78 is 23.9. The van der Waals surface area contributed by atoms with Crippen molar-refractivity contribution in [1.82, 2.24) is 0 Å². The number of allylic oxidation sites excluding steroid dienone is 1. The van der Waals surface area contributed by atoms with Gasteiger partial charge in [0.15, 0.2) is 0 Å². The maximum absolute atomic E-state index is 12.0. The molecule has 2 heteroatoms. The number of hydrogen-bond acceptors (Lipinski definition) is 0. The van der Waals surface area contributed by atoms with E-state index in [1.807, 2.05) is 30.3 Å². The normalized spacial score (nSPS) is 10.5. The second-order valence-corrected chi connectivity index (χ2v) is 3.33. The summed E-state index contributed by atoms with van der Waals surface area (Å²) in [6.07, 6.45) is -0.994. The number of hydrogen-bond donors (Lipinski definition) is 0. The smallest absolute Gasteiger partial charge is 0.210 e. The Hall–Kier alpha value is -1.18. The topological polar surface area (TPSA) is 0 Å². The molecule has 0 nitrogen and oxygen atoms in total. The second kappa shape index (κ2) is 5.53. The van der Waals surface area contributed by atoms with Gasteiger partial charge in [0, 0.05) is 6.42 Å². The van der Waals surface area contributed by atoms with Crippen LogP contribution in [0.1, 0.15) is 18.4 Å². The summed E-state index contributed by atoms with van der Waals surface area (Å²) in [5.41, 5.74) is 1.80. The van der Waals surface area contributed by atoms with Crippen LogP contribution in [0.3, 0.4) is 0 Å². The fourth-order valence-corrected chi connectivity index (χ4v) is 1.29. The third-order valence-corrected chi connectivity index (χ3v) is 2.05. The predicted octanol–water partition coefficient (Wildman–Crippen LogP) is 3.83. The van der Waals surface area contributed by atoms with Crippen LogP contribution in [0.15, 0.2) is 42.5 Å². The number of benzene rings is 1. The van der Waals surface area contributed by atoms with Crippen molar-refractivity contribution >= 4 is 0 Å². The highest BCUT2D eigenvalue weighted by atomic mass is 19.3. The van der Waals surface area contributed by atoms with E-state index >= 15 is 0 Å². The minimum absolute atomic E-state index is 0.174. The summed E-state index contributed by atoms with van der Waals surface area (Å²) in [7, 11) is 0. The molecule has 76 valence electrons. The molecule has 0 aliphatic rings. The lowest BCUT2D eigenvalue weighted by atomic mass is 10.0. The molecule has 1 aromatic carbocycles. The highest BCUT2D eigenvalue weighted by molar-refractivity contribution is 5.16. The molecule has 0 heterocycles. The summed E-state index contributed by atoms with van der Waals surface area (Å²) in [5, 5.41) is 0. The van der Waals surface area contributed by atoms with E-state index < -0.39 is 6.43 Å². The molecule has 0 saturated heterocycles. The van der Waals surface area contributed by atoms with E-state index in [1.54, 1.807) is 0 Å². The SMILES string of the molecule is C=C(CCc1ccccc1)CC(F)F. The minimum Gasteiger partial charge on any atom is -0.210 e. The molecular formula is C12H14F2. The van der Waals surface area contributed by atoms with Crippen molar-refractivity contribution in [2.24, 2.45) is 0 Å². The Labute approximate surface area is 83.3 Å². The lowest BCUT2D eigenvalue weighted by molar-refractivity contribution is 0.148. The minimum atomic E-state index is -2.27. The summed E-state index contributed by atoms with van der Waals surface area (Å²) in [4.78, 5) is 0. The van der Waals surface area contributed by atoms with Crippen LogP contribution in [-0.2, 0) is 6.42 Å². The van der Waals surface area contributed by atoms with E-state index in [0.717, 1.165) is 6.42 Å². The van der Waals surface area contributed by atoms with Crippen LogP contribution in [0.4, 0.5) is 8.78 Å². The molecule has 0 bridgehead atoms. The van der Waals surface area contributed by atoms with E-state index in [4.69, 9.17) is 0 Å². The van der Waals surface area contributed by atoms with Crippen LogP contribution in [0.5, 0.6) is 0 Å². The lowest BCUT2D eigenvalue weighted by Gasteiger charge is -2.04. The standard InChI is InChI=1S/C12H14F2/c1-10(9-12(13)14)7-8-11-5-3-2-4-6-11/h2-6,12H,1,7-9H2. The van der Waals surface area contributed by atoms with Gasteiger partial charge < -0.3 is 0 Å². The van der Waals surface area contributed by atoms with Crippen molar-refractivity contribution in [3.05, 3.63) is 48.0 Å². The Kier molecular flexibility index (Phi) is 4.30. The third-order valence-electron chi connectivity index (χ3n) is 2.05. The van der Waals surface area contributed by atoms with Crippen molar-refractivity contribution in [3.8, 4) is 0 Å². The van der Waals surface area contributed by atoms with Gasteiger partial charge in [-0.3, -0.25) is 0 Å². The second-order valence-electron chi connectivity index (χ2n) is 3.33.